The SMILES string of the molecule is CC1CN(C(=O)c2ccnc(Br)c2)CCS1. The molecule has 0 N–H and O–H groups in total. The van der Waals surface area contributed by atoms with E-state index in [2.05, 4.69) is 27.8 Å². The second-order valence-corrected chi connectivity index (χ2v) is 6.16. The van der Waals surface area contributed by atoms with Crippen molar-refractivity contribution in [1.82, 2.24) is 9.88 Å². The van der Waals surface area contributed by atoms with Crippen molar-refractivity contribution in [1.29, 1.82) is 0 Å². The number of carbonyl (C=O) groups excluding carboxylic acids is 1. The average Bonchev–Trinajstić information content (AvgIpc) is 2.28. The van der Waals surface area contributed by atoms with E-state index >= 15 is 0 Å². The number of hydrogen-bond acceptors (Lipinski definition) is 3. The van der Waals surface area contributed by atoms with Gasteiger partial charge in [0.05, 0.1) is 0 Å². The molecule has 1 fully saturated rings. The number of aromatic nitrogens is 1. The minimum absolute atomic E-state index is 0.107. The van der Waals surface area contributed by atoms with Gasteiger partial charge in [-0.2, -0.15) is 11.8 Å². The van der Waals surface area contributed by atoms with E-state index in [1.54, 1.807) is 18.3 Å². The van der Waals surface area contributed by atoms with Gasteiger partial charge in [-0.3, -0.25) is 4.79 Å². The monoisotopic (exact) mass is 300 g/mol. The summed E-state index contributed by atoms with van der Waals surface area (Å²) < 4.78 is 0.706. The Kier molecular flexibility index (Phi) is 3.86. The van der Waals surface area contributed by atoms with Crippen LogP contribution in [0.4, 0.5) is 0 Å². The van der Waals surface area contributed by atoms with Crippen LogP contribution in [0, 0.1) is 0 Å². The van der Waals surface area contributed by atoms with Crippen LogP contribution in [0.15, 0.2) is 22.9 Å². The van der Waals surface area contributed by atoms with Gasteiger partial charge in [0.25, 0.3) is 5.91 Å². The van der Waals surface area contributed by atoms with E-state index in [4.69, 9.17) is 0 Å². The maximum absolute atomic E-state index is 12.2. The maximum atomic E-state index is 12.2. The van der Waals surface area contributed by atoms with Gasteiger partial charge in [0.15, 0.2) is 0 Å². The highest BCUT2D eigenvalue weighted by Gasteiger charge is 2.22. The normalized spacial score (nSPS) is 20.9. The van der Waals surface area contributed by atoms with Gasteiger partial charge in [0.2, 0.25) is 0 Å². The molecule has 3 nitrogen and oxygen atoms in total. The number of pyridine rings is 1. The number of hydrogen-bond donors (Lipinski definition) is 0. The largest absolute Gasteiger partial charge is 0.337 e. The van der Waals surface area contributed by atoms with E-state index < -0.39 is 0 Å². The van der Waals surface area contributed by atoms with Crippen molar-refractivity contribution in [3.63, 3.8) is 0 Å². The van der Waals surface area contributed by atoms with Crippen LogP contribution in [-0.4, -0.2) is 39.9 Å². The Labute approximate surface area is 108 Å². The fraction of sp³-hybridized carbons (Fsp3) is 0.455. The molecule has 1 aliphatic heterocycles. The van der Waals surface area contributed by atoms with E-state index in [9.17, 15) is 4.79 Å². The molecule has 1 saturated heterocycles. The fourth-order valence-electron chi connectivity index (χ4n) is 1.72. The molecule has 1 aromatic heterocycles. The zero-order valence-electron chi connectivity index (χ0n) is 9.02. The van der Waals surface area contributed by atoms with Crippen molar-refractivity contribution in [2.24, 2.45) is 0 Å². The number of thioether (sulfide) groups is 1. The summed E-state index contributed by atoms with van der Waals surface area (Å²) in [6, 6.07) is 3.54. The molecule has 0 spiro atoms. The van der Waals surface area contributed by atoms with E-state index in [0.29, 0.717) is 15.4 Å². The van der Waals surface area contributed by atoms with Crippen LogP contribution in [0.25, 0.3) is 0 Å². The van der Waals surface area contributed by atoms with Crippen molar-refractivity contribution in [2.75, 3.05) is 18.8 Å². The summed E-state index contributed by atoms with van der Waals surface area (Å²) in [7, 11) is 0. The third-order valence-corrected chi connectivity index (χ3v) is 4.07. The first kappa shape index (κ1) is 11.9. The van der Waals surface area contributed by atoms with Crippen LogP contribution < -0.4 is 0 Å². The third-order valence-electron chi connectivity index (χ3n) is 2.50. The first-order valence-electron chi connectivity index (χ1n) is 5.19. The molecule has 1 atom stereocenters. The molecule has 16 heavy (non-hydrogen) atoms. The summed E-state index contributed by atoms with van der Waals surface area (Å²) >= 11 is 5.20. The van der Waals surface area contributed by atoms with Crippen LogP contribution in [0.2, 0.25) is 0 Å². The summed E-state index contributed by atoms with van der Waals surface area (Å²) in [6.07, 6.45) is 1.65. The molecule has 5 heteroatoms. The molecule has 1 aliphatic rings. The summed E-state index contributed by atoms with van der Waals surface area (Å²) in [5.41, 5.74) is 0.709. The van der Waals surface area contributed by atoms with Gasteiger partial charge in [-0.1, -0.05) is 6.92 Å². The van der Waals surface area contributed by atoms with Crippen molar-refractivity contribution < 1.29 is 4.79 Å². The molecule has 0 aliphatic carbocycles. The fourth-order valence-corrected chi connectivity index (χ4v) is 3.10. The summed E-state index contributed by atoms with van der Waals surface area (Å²) in [4.78, 5) is 18.1. The van der Waals surface area contributed by atoms with Gasteiger partial charge in [-0.05, 0) is 28.1 Å². The van der Waals surface area contributed by atoms with Gasteiger partial charge in [0, 0.05) is 35.9 Å². The van der Waals surface area contributed by atoms with E-state index in [-0.39, 0.29) is 5.91 Å². The highest BCUT2D eigenvalue weighted by Crippen LogP contribution is 2.20. The molecular formula is C11H13BrN2OS. The molecule has 2 heterocycles. The lowest BCUT2D eigenvalue weighted by Gasteiger charge is -2.30. The standard InChI is InChI=1S/C11H13BrN2OS/c1-8-7-14(4-5-16-8)11(15)9-2-3-13-10(12)6-9/h2-3,6,8H,4-5,7H2,1H3. The van der Waals surface area contributed by atoms with E-state index in [0.717, 1.165) is 18.8 Å². The van der Waals surface area contributed by atoms with Crippen LogP contribution in [-0.2, 0) is 0 Å². The Balaban J connectivity index is 2.12. The third kappa shape index (κ3) is 2.77. The number of halogens is 1. The minimum atomic E-state index is 0.107. The summed E-state index contributed by atoms with van der Waals surface area (Å²) in [5.74, 6) is 1.13. The predicted molar refractivity (Wildman–Crippen MR) is 69.8 cm³/mol. The topological polar surface area (TPSA) is 33.2 Å². The second kappa shape index (κ2) is 5.19. The zero-order valence-corrected chi connectivity index (χ0v) is 11.4. The Morgan fingerprint density at radius 2 is 2.50 bits per heavy atom. The van der Waals surface area contributed by atoms with Crippen LogP contribution in [0.5, 0.6) is 0 Å². The van der Waals surface area contributed by atoms with Crippen LogP contribution >= 0.6 is 27.7 Å². The summed E-state index contributed by atoms with van der Waals surface area (Å²) in [5, 5.41) is 0.531. The minimum Gasteiger partial charge on any atom is -0.337 e. The van der Waals surface area contributed by atoms with E-state index in [1.165, 1.54) is 0 Å². The Morgan fingerprint density at radius 1 is 1.69 bits per heavy atom. The van der Waals surface area contributed by atoms with Gasteiger partial charge in [0.1, 0.15) is 4.60 Å². The molecule has 2 rings (SSSR count). The predicted octanol–water partition coefficient (Wildman–Crippen LogP) is 2.42. The van der Waals surface area contributed by atoms with Gasteiger partial charge < -0.3 is 4.90 Å². The lowest BCUT2D eigenvalue weighted by atomic mass is 10.2. The van der Waals surface area contributed by atoms with E-state index in [1.807, 2.05) is 16.7 Å². The van der Waals surface area contributed by atoms with Crippen LogP contribution in [0.3, 0.4) is 0 Å². The molecule has 0 aromatic carbocycles. The van der Waals surface area contributed by atoms with Crippen molar-refractivity contribution in [2.45, 2.75) is 12.2 Å². The highest BCUT2D eigenvalue weighted by atomic mass is 79.9. The van der Waals surface area contributed by atoms with Crippen molar-refractivity contribution in [3.05, 3.63) is 28.5 Å². The maximum Gasteiger partial charge on any atom is 0.254 e. The smallest absolute Gasteiger partial charge is 0.254 e. The number of carbonyl (C=O) groups is 1. The van der Waals surface area contributed by atoms with Crippen LogP contribution in [0.1, 0.15) is 17.3 Å². The first-order chi connectivity index (χ1) is 7.66. The Morgan fingerprint density at radius 3 is 3.19 bits per heavy atom. The molecule has 1 amide bonds. The average molecular weight is 301 g/mol. The first-order valence-corrected chi connectivity index (χ1v) is 7.03. The number of rotatable bonds is 1. The Hall–Kier alpha value is -0.550. The molecule has 1 unspecified atom stereocenters. The lowest BCUT2D eigenvalue weighted by Crippen LogP contribution is -2.41. The number of amides is 1. The van der Waals surface area contributed by atoms with Gasteiger partial charge in [-0.25, -0.2) is 4.98 Å². The van der Waals surface area contributed by atoms with Crippen molar-refractivity contribution in [3.8, 4) is 0 Å². The van der Waals surface area contributed by atoms with Crippen molar-refractivity contribution >= 4 is 33.6 Å². The molecular weight excluding hydrogens is 288 g/mol. The van der Waals surface area contributed by atoms with Gasteiger partial charge >= 0.3 is 0 Å². The quantitative estimate of drug-likeness (QED) is 0.747. The summed E-state index contributed by atoms with van der Waals surface area (Å²) in [6.45, 7) is 3.84. The molecule has 0 bridgehead atoms. The zero-order chi connectivity index (χ0) is 11.5. The highest BCUT2D eigenvalue weighted by molar-refractivity contribution is 9.10. The molecule has 1 aromatic rings. The van der Waals surface area contributed by atoms with Gasteiger partial charge in [-0.15, -0.1) is 0 Å². The lowest BCUT2D eigenvalue weighted by molar-refractivity contribution is 0.0763. The molecule has 0 saturated carbocycles. The Bertz CT molecular complexity index is 399. The molecule has 0 radical (unpaired) electrons. The number of nitrogens with zero attached hydrogens (tertiary/aromatic N) is 2. The molecule has 86 valence electrons. The second-order valence-electron chi connectivity index (χ2n) is 3.80.